The van der Waals surface area contributed by atoms with Crippen LogP contribution in [-0.4, -0.2) is 37.0 Å². The molecule has 20 heavy (non-hydrogen) atoms. The summed E-state index contributed by atoms with van der Waals surface area (Å²) in [6.07, 6.45) is 3.35. The van der Waals surface area contributed by atoms with Gasteiger partial charge in [-0.1, -0.05) is 23.8 Å². The SMILES string of the molecule is [C-]#[N+]c1ccc2c(c1)CCCC2CN1CCNCC1=O. The van der Waals surface area contributed by atoms with Gasteiger partial charge in [-0.15, -0.1) is 0 Å². The molecule has 1 aromatic carbocycles. The zero-order valence-electron chi connectivity index (χ0n) is 11.6. The fraction of sp³-hybridized carbons (Fsp3) is 0.500. The summed E-state index contributed by atoms with van der Waals surface area (Å²) in [5.74, 6) is 0.640. The predicted molar refractivity (Wildman–Crippen MR) is 77.8 cm³/mol. The zero-order chi connectivity index (χ0) is 13.9. The first-order valence-electron chi connectivity index (χ1n) is 7.26. The van der Waals surface area contributed by atoms with E-state index < -0.39 is 0 Å². The molecule has 1 aliphatic heterocycles. The van der Waals surface area contributed by atoms with E-state index in [2.05, 4.69) is 16.2 Å². The van der Waals surface area contributed by atoms with Crippen LogP contribution in [0.25, 0.3) is 4.85 Å². The van der Waals surface area contributed by atoms with Crippen LogP contribution in [0.5, 0.6) is 0 Å². The van der Waals surface area contributed by atoms with E-state index in [4.69, 9.17) is 6.57 Å². The molecule has 104 valence electrons. The summed E-state index contributed by atoms with van der Waals surface area (Å²) in [5.41, 5.74) is 3.37. The van der Waals surface area contributed by atoms with Crippen LogP contribution < -0.4 is 5.32 Å². The Morgan fingerprint density at radius 3 is 3.15 bits per heavy atom. The van der Waals surface area contributed by atoms with Gasteiger partial charge in [-0.05, 0) is 24.8 Å². The molecule has 1 unspecified atom stereocenters. The van der Waals surface area contributed by atoms with Crippen molar-refractivity contribution in [1.29, 1.82) is 0 Å². The quantitative estimate of drug-likeness (QED) is 0.835. The van der Waals surface area contributed by atoms with E-state index in [9.17, 15) is 4.79 Å². The van der Waals surface area contributed by atoms with Gasteiger partial charge >= 0.3 is 0 Å². The minimum Gasteiger partial charge on any atom is -0.340 e. The van der Waals surface area contributed by atoms with Gasteiger partial charge in [-0.25, -0.2) is 4.85 Å². The Hall–Kier alpha value is -1.86. The molecule has 1 atom stereocenters. The van der Waals surface area contributed by atoms with Crippen LogP contribution in [0.4, 0.5) is 5.69 Å². The normalized spacial score (nSPS) is 22.2. The van der Waals surface area contributed by atoms with Crippen molar-refractivity contribution in [3.63, 3.8) is 0 Å². The average Bonchev–Trinajstić information content (AvgIpc) is 2.49. The van der Waals surface area contributed by atoms with Crippen molar-refractivity contribution in [1.82, 2.24) is 10.2 Å². The molecular formula is C16H19N3O. The molecule has 1 N–H and O–H groups in total. The van der Waals surface area contributed by atoms with Crippen molar-refractivity contribution in [3.05, 3.63) is 40.7 Å². The van der Waals surface area contributed by atoms with Crippen LogP contribution in [0.2, 0.25) is 0 Å². The van der Waals surface area contributed by atoms with Crippen LogP contribution >= 0.6 is 0 Å². The smallest absolute Gasteiger partial charge is 0.236 e. The molecule has 1 aliphatic carbocycles. The number of carbonyl (C=O) groups excluding carboxylic acids is 1. The van der Waals surface area contributed by atoms with Crippen LogP contribution in [0.15, 0.2) is 18.2 Å². The van der Waals surface area contributed by atoms with E-state index in [0.717, 1.165) is 44.6 Å². The van der Waals surface area contributed by atoms with Crippen molar-refractivity contribution in [2.75, 3.05) is 26.2 Å². The van der Waals surface area contributed by atoms with Crippen molar-refractivity contribution in [3.8, 4) is 0 Å². The molecule has 1 fully saturated rings. The van der Waals surface area contributed by atoms with Gasteiger partial charge in [-0.3, -0.25) is 4.79 Å². The number of amides is 1. The molecule has 1 aromatic rings. The van der Waals surface area contributed by atoms with Crippen molar-refractivity contribution < 1.29 is 4.79 Å². The Bertz CT molecular complexity index is 561. The molecule has 1 heterocycles. The van der Waals surface area contributed by atoms with Gasteiger partial charge in [0.1, 0.15) is 0 Å². The van der Waals surface area contributed by atoms with Crippen LogP contribution in [0.3, 0.4) is 0 Å². The summed E-state index contributed by atoms with van der Waals surface area (Å²) >= 11 is 0. The van der Waals surface area contributed by atoms with Crippen LogP contribution in [-0.2, 0) is 11.2 Å². The lowest BCUT2D eigenvalue weighted by molar-refractivity contribution is -0.132. The third-order valence-electron chi connectivity index (χ3n) is 4.32. The molecule has 0 bridgehead atoms. The van der Waals surface area contributed by atoms with E-state index >= 15 is 0 Å². The monoisotopic (exact) mass is 269 g/mol. The molecule has 1 amide bonds. The molecule has 0 radical (unpaired) electrons. The summed E-state index contributed by atoms with van der Waals surface area (Å²) < 4.78 is 0. The average molecular weight is 269 g/mol. The number of hydrogen-bond donors (Lipinski definition) is 1. The Morgan fingerprint density at radius 1 is 1.45 bits per heavy atom. The standard InChI is InChI=1S/C16H19N3O/c1-17-14-5-6-15-12(9-14)3-2-4-13(15)11-19-8-7-18-10-16(19)20/h5-6,9,13,18H,2-4,7-8,10-11H2. The third-order valence-corrected chi connectivity index (χ3v) is 4.32. The summed E-state index contributed by atoms with van der Waals surface area (Å²) in [7, 11) is 0. The maximum atomic E-state index is 11.9. The van der Waals surface area contributed by atoms with Crippen molar-refractivity contribution >= 4 is 11.6 Å². The van der Waals surface area contributed by atoms with E-state index in [1.165, 1.54) is 11.1 Å². The second kappa shape index (κ2) is 5.64. The Morgan fingerprint density at radius 2 is 2.35 bits per heavy atom. The van der Waals surface area contributed by atoms with Crippen LogP contribution in [0, 0.1) is 6.57 Å². The van der Waals surface area contributed by atoms with Gasteiger partial charge < -0.3 is 10.2 Å². The van der Waals surface area contributed by atoms with Crippen LogP contribution in [0.1, 0.15) is 29.9 Å². The minimum absolute atomic E-state index is 0.209. The summed E-state index contributed by atoms with van der Waals surface area (Å²) in [6, 6.07) is 6.02. The lowest BCUT2D eigenvalue weighted by atomic mass is 9.82. The Kier molecular flexibility index (Phi) is 3.70. The largest absolute Gasteiger partial charge is 0.340 e. The fourth-order valence-corrected chi connectivity index (χ4v) is 3.27. The van der Waals surface area contributed by atoms with Gasteiger partial charge in [0, 0.05) is 25.6 Å². The first-order valence-corrected chi connectivity index (χ1v) is 7.26. The molecule has 0 spiro atoms. The summed E-state index contributed by atoms with van der Waals surface area (Å²) in [4.78, 5) is 17.4. The lowest BCUT2D eigenvalue weighted by Crippen LogP contribution is -2.49. The Labute approximate surface area is 119 Å². The van der Waals surface area contributed by atoms with Crippen molar-refractivity contribution in [2.24, 2.45) is 0 Å². The first-order chi connectivity index (χ1) is 9.78. The van der Waals surface area contributed by atoms with Gasteiger partial charge in [0.2, 0.25) is 5.91 Å². The van der Waals surface area contributed by atoms with E-state index in [1.54, 1.807) is 0 Å². The van der Waals surface area contributed by atoms with Gasteiger partial charge in [0.05, 0.1) is 13.1 Å². The first kappa shape index (κ1) is 13.1. The number of fused-ring (bicyclic) bond motifs is 1. The number of benzene rings is 1. The number of nitrogens with one attached hydrogen (secondary N) is 1. The van der Waals surface area contributed by atoms with Crippen molar-refractivity contribution in [2.45, 2.75) is 25.2 Å². The molecule has 3 rings (SSSR count). The molecule has 4 heteroatoms. The third kappa shape index (κ3) is 2.54. The number of rotatable bonds is 2. The maximum absolute atomic E-state index is 11.9. The molecule has 4 nitrogen and oxygen atoms in total. The molecule has 1 saturated heterocycles. The lowest BCUT2D eigenvalue weighted by Gasteiger charge is -2.34. The molecular weight excluding hydrogens is 250 g/mol. The highest BCUT2D eigenvalue weighted by Crippen LogP contribution is 2.34. The highest BCUT2D eigenvalue weighted by molar-refractivity contribution is 5.79. The second-order valence-corrected chi connectivity index (χ2v) is 5.60. The molecule has 0 aromatic heterocycles. The highest BCUT2D eigenvalue weighted by atomic mass is 16.2. The second-order valence-electron chi connectivity index (χ2n) is 5.60. The van der Waals surface area contributed by atoms with E-state index in [-0.39, 0.29) is 5.91 Å². The summed E-state index contributed by atoms with van der Waals surface area (Å²) in [6.45, 7) is 10.1. The van der Waals surface area contributed by atoms with Gasteiger partial charge in [0.25, 0.3) is 0 Å². The molecule has 2 aliphatic rings. The topological polar surface area (TPSA) is 36.7 Å². The number of carbonyl (C=O) groups is 1. The number of aryl methyl sites for hydroxylation is 1. The highest BCUT2D eigenvalue weighted by Gasteiger charge is 2.26. The van der Waals surface area contributed by atoms with E-state index in [0.29, 0.717) is 12.5 Å². The summed E-state index contributed by atoms with van der Waals surface area (Å²) in [5, 5.41) is 3.11. The minimum atomic E-state index is 0.209. The maximum Gasteiger partial charge on any atom is 0.236 e. The Balaban J connectivity index is 1.79. The number of piperazine rings is 1. The molecule has 0 saturated carbocycles. The van der Waals surface area contributed by atoms with E-state index in [1.807, 2.05) is 17.0 Å². The predicted octanol–water partition coefficient (Wildman–Crippen LogP) is 2.09. The fourth-order valence-electron chi connectivity index (χ4n) is 3.27. The van der Waals surface area contributed by atoms with Gasteiger partial charge in [0.15, 0.2) is 5.69 Å². The number of hydrogen-bond acceptors (Lipinski definition) is 2. The van der Waals surface area contributed by atoms with Gasteiger partial charge in [-0.2, -0.15) is 0 Å². The number of nitrogens with zero attached hydrogens (tertiary/aromatic N) is 2. The zero-order valence-corrected chi connectivity index (χ0v) is 11.6.